The Morgan fingerprint density at radius 3 is 1.19 bits per heavy atom. The van der Waals surface area contributed by atoms with E-state index in [1.165, 1.54) is 48.6 Å². The van der Waals surface area contributed by atoms with Crippen LogP contribution in [0.25, 0.3) is 46.4 Å². The number of carbonyl (C=O) groups is 2. The molecule has 0 aliphatic carbocycles. The van der Waals surface area contributed by atoms with E-state index in [-0.39, 0.29) is 44.7 Å². The summed E-state index contributed by atoms with van der Waals surface area (Å²) in [6.07, 6.45) is -5.39. The van der Waals surface area contributed by atoms with Crippen molar-refractivity contribution in [2.24, 2.45) is 0 Å². The third-order valence-corrected chi connectivity index (χ3v) is 7.85. The molecule has 12 heteroatoms. The van der Waals surface area contributed by atoms with Crippen LogP contribution in [0, 0.1) is 0 Å². The van der Waals surface area contributed by atoms with Crippen molar-refractivity contribution in [1.29, 1.82) is 0 Å². The molecule has 5 aromatic rings. The van der Waals surface area contributed by atoms with Gasteiger partial charge in [0.15, 0.2) is 11.6 Å². The maximum Gasteiger partial charge on any atom is 0.420 e. The van der Waals surface area contributed by atoms with E-state index in [0.29, 0.717) is 0 Å². The Bertz CT molecular complexity index is 2200. The zero-order valence-corrected chi connectivity index (χ0v) is 24.4. The number of H-pyrrole nitrogens is 2. The lowest BCUT2D eigenvalue weighted by Gasteiger charge is -2.09. The molecule has 2 aliphatic rings. The number of benzene rings is 2. The van der Waals surface area contributed by atoms with Gasteiger partial charge in [0.05, 0.1) is 56.0 Å². The number of nitrogens with one attached hydrogen (secondary N) is 2. The van der Waals surface area contributed by atoms with Crippen molar-refractivity contribution >= 4 is 57.9 Å². The highest BCUT2D eigenvalue weighted by Gasteiger charge is 2.38. The van der Waals surface area contributed by atoms with Crippen molar-refractivity contribution in [1.82, 2.24) is 19.9 Å². The summed E-state index contributed by atoms with van der Waals surface area (Å²) < 4.78 is 88.5. The van der Waals surface area contributed by atoms with Gasteiger partial charge >= 0.3 is 12.4 Å². The molecule has 0 saturated carbocycles. The number of rotatable bonds is 4. The third-order valence-electron chi connectivity index (χ3n) is 7.85. The van der Waals surface area contributed by atoms with E-state index < -0.39 is 57.5 Å². The molecule has 0 atom stereocenters. The number of hydrogen-bond acceptors (Lipinski definition) is 4. The topological polar surface area (TPSA) is 91.5 Å². The van der Waals surface area contributed by atoms with E-state index in [1.54, 1.807) is 36.4 Å². The number of halogens is 6. The van der Waals surface area contributed by atoms with E-state index in [1.807, 2.05) is 0 Å². The maximum absolute atomic E-state index is 14.8. The summed E-state index contributed by atoms with van der Waals surface area (Å²) in [6.45, 7) is 0. The molecule has 0 radical (unpaired) electrons. The van der Waals surface area contributed by atoms with Crippen LogP contribution < -0.4 is 0 Å². The second-order valence-electron chi connectivity index (χ2n) is 10.9. The minimum atomic E-state index is -4.98. The fourth-order valence-corrected chi connectivity index (χ4v) is 5.75. The van der Waals surface area contributed by atoms with E-state index in [9.17, 15) is 35.9 Å². The van der Waals surface area contributed by atoms with Crippen LogP contribution in [0.5, 0.6) is 0 Å². The molecule has 6 nitrogen and oxygen atoms in total. The van der Waals surface area contributed by atoms with Crippen molar-refractivity contribution in [3.05, 3.63) is 141 Å². The van der Waals surface area contributed by atoms with Crippen molar-refractivity contribution in [3.8, 4) is 0 Å². The number of aromatic nitrogens is 4. The molecule has 48 heavy (non-hydrogen) atoms. The number of fused-ring (bicyclic) bond motifs is 8. The first-order chi connectivity index (χ1) is 22.9. The molecule has 0 amide bonds. The average Bonchev–Trinajstić information content (AvgIpc) is 3.87. The van der Waals surface area contributed by atoms with Gasteiger partial charge in [0.1, 0.15) is 11.1 Å². The van der Waals surface area contributed by atoms with Crippen LogP contribution in [0.3, 0.4) is 0 Å². The predicted molar refractivity (Wildman–Crippen MR) is 169 cm³/mol. The van der Waals surface area contributed by atoms with Crippen molar-refractivity contribution in [3.63, 3.8) is 0 Å². The monoisotopic (exact) mass is 654 g/mol. The number of nitrogens with zero attached hydrogens (tertiary/aromatic N) is 2. The lowest BCUT2D eigenvalue weighted by atomic mass is 10.0. The lowest BCUT2D eigenvalue weighted by Crippen LogP contribution is -2.10. The Morgan fingerprint density at radius 2 is 0.812 bits per heavy atom. The Morgan fingerprint density at radius 1 is 0.458 bits per heavy atom. The maximum atomic E-state index is 14.8. The smallest absolute Gasteiger partial charge is 0.354 e. The van der Waals surface area contributed by atoms with Gasteiger partial charge in [-0.25, -0.2) is 9.97 Å². The molecular weight excluding hydrogens is 634 g/mol. The van der Waals surface area contributed by atoms with Crippen molar-refractivity contribution in [2.75, 3.05) is 0 Å². The highest BCUT2D eigenvalue weighted by Crippen LogP contribution is 2.39. The number of alkyl halides is 6. The molecule has 2 aromatic carbocycles. The van der Waals surface area contributed by atoms with E-state index >= 15 is 0 Å². The molecule has 8 bridgehead atoms. The fourth-order valence-electron chi connectivity index (χ4n) is 5.75. The first-order valence-electron chi connectivity index (χ1n) is 14.4. The summed E-state index contributed by atoms with van der Waals surface area (Å²) in [5.74, 6) is -1.35. The molecule has 0 spiro atoms. The molecule has 2 N–H and O–H groups in total. The summed E-state index contributed by atoms with van der Waals surface area (Å²) in [7, 11) is 0. The third kappa shape index (κ3) is 5.40. The van der Waals surface area contributed by atoms with Gasteiger partial charge in [0, 0.05) is 11.1 Å². The molecule has 3 aromatic heterocycles. The standard InChI is InChI=1S/C36H20F6N4O2/c37-35(38,39)31-25-15-11-21(43-25)29(33(47)19-7-3-1-4-8-19)22-12-16-26(44-22)32(36(40,41)42)28-18-14-24(46-28)30(23-13-17-27(31)45-23)34(48)20-9-5-2-6-10-20/h1-18,43,45H. The first kappa shape index (κ1) is 30.6. The van der Waals surface area contributed by atoms with Crippen LogP contribution in [0.1, 0.15) is 65.7 Å². The summed E-state index contributed by atoms with van der Waals surface area (Å²) >= 11 is 0. The van der Waals surface area contributed by atoms with Crippen LogP contribution in [0.15, 0.2) is 84.9 Å². The lowest BCUT2D eigenvalue weighted by molar-refractivity contribution is -0.138. The first-order valence-corrected chi connectivity index (χ1v) is 14.4. The van der Waals surface area contributed by atoms with Crippen LogP contribution in [-0.4, -0.2) is 31.5 Å². The fraction of sp³-hybridized carbons (Fsp3) is 0.0556. The second kappa shape index (κ2) is 11.3. The molecule has 7 rings (SSSR count). The number of carbonyl (C=O) groups excluding carboxylic acids is 2. The van der Waals surface area contributed by atoms with Gasteiger partial charge in [-0.3, -0.25) is 9.59 Å². The van der Waals surface area contributed by atoms with Crippen molar-refractivity contribution < 1.29 is 35.9 Å². The Labute approximate surface area is 267 Å². The van der Waals surface area contributed by atoms with Gasteiger partial charge in [0.25, 0.3) is 0 Å². The van der Waals surface area contributed by atoms with Crippen LogP contribution >= 0.6 is 0 Å². The largest absolute Gasteiger partial charge is 0.420 e. The number of aromatic amines is 2. The zero-order chi connectivity index (χ0) is 33.8. The van der Waals surface area contributed by atoms with E-state index in [2.05, 4.69) is 19.9 Å². The van der Waals surface area contributed by atoms with Crippen molar-refractivity contribution in [2.45, 2.75) is 12.4 Å². The zero-order valence-electron chi connectivity index (χ0n) is 24.4. The van der Waals surface area contributed by atoms with E-state index in [4.69, 9.17) is 0 Å². The van der Waals surface area contributed by atoms with Gasteiger partial charge in [-0.2, -0.15) is 26.3 Å². The van der Waals surface area contributed by atoms with Crippen LogP contribution in [0.2, 0.25) is 0 Å². The highest BCUT2D eigenvalue weighted by atomic mass is 19.4. The normalized spacial score (nSPS) is 12.8. The molecular formula is C36H20F6N4O2. The molecule has 2 aliphatic heterocycles. The quantitative estimate of drug-likeness (QED) is 0.146. The predicted octanol–water partition coefficient (Wildman–Crippen LogP) is 9.16. The summed E-state index contributed by atoms with van der Waals surface area (Å²) in [5.41, 5.74) is -5.15. The molecule has 0 saturated heterocycles. The SMILES string of the molecule is O=C(c1ccccc1)c1c2nc(c(C(F)(F)F)c3nc(c(C(=O)c4ccccc4)c4ccc([nH]4)c(C(F)(F)F)c4ccc1[nH]4)C=C3)C=C2. The molecule has 0 fully saturated rings. The van der Waals surface area contributed by atoms with Crippen LogP contribution in [0.4, 0.5) is 26.3 Å². The molecule has 5 heterocycles. The van der Waals surface area contributed by atoms with Gasteiger partial charge < -0.3 is 9.97 Å². The second-order valence-corrected chi connectivity index (χ2v) is 10.9. The Hall–Kier alpha value is -6.04. The molecule has 238 valence electrons. The van der Waals surface area contributed by atoms with Gasteiger partial charge in [-0.1, -0.05) is 60.7 Å². The molecule has 0 unspecified atom stereocenters. The minimum absolute atomic E-state index is 0.0992. The Kier molecular flexibility index (Phi) is 7.23. The number of ketones is 2. The Balaban J connectivity index is 1.67. The minimum Gasteiger partial charge on any atom is -0.354 e. The number of hydrogen-bond donors (Lipinski definition) is 2. The van der Waals surface area contributed by atoms with Gasteiger partial charge in [-0.15, -0.1) is 0 Å². The average molecular weight is 655 g/mol. The summed E-state index contributed by atoms with van der Waals surface area (Å²) in [5, 5.41) is 0. The summed E-state index contributed by atoms with van der Waals surface area (Å²) in [6, 6.07) is 20.2. The van der Waals surface area contributed by atoms with E-state index in [0.717, 1.165) is 24.3 Å². The summed E-state index contributed by atoms with van der Waals surface area (Å²) in [4.78, 5) is 41.3. The van der Waals surface area contributed by atoms with Gasteiger partial charge in [0.2, 0.25) is 0 Å². The van der Waals surface area contributed by atoms with Gasteiger partial charge in [-0.05, 0) is 48.6 Å². The van der Waals surface area contributed by atoms with Crippen LogP contribution in [-0.2, 0) is 12.4 Å². The highest BCUT2D eigenvalue weighted by molar-refractivity contribution is 6.16.